The van der Waals surface area contributed by atoms with Gasteiger partial charge in [-0.3, -0.25) is 4.79 Å². The van der Waals surface area contributed by atoms with Gasteiger partial charge >= 0.3 is 0 Å². The van der Waals surface area contributed by atoms with Gasteiger partial charge in [0.1, 0.15) is 11.3 Å². The lowest BCUT2D eigenvalue weighted by molar-refractivity contribution is -0.120. The van der Waals surface area contributed by atoms with Crippen LogP contribution >= 0.6 is 0 Å². The zero-order valence-electron chi connectivity index (χ0n) is 16.3. The summed E-state index contributed by atoms with van der Waals surface area (Å²) >= 11 is 0. The first-order valence-electron chi connectivity index (χ1n) is 10.4. The van der Waals surface area contributed by atoms with Crippen molar-refractivity contribution in [2.24, 2.45) is 5.92 Å². The Morgan fingerprint density at radius 3 is 2.93 bits per heavy atom. The summed E-state index contributed by atoms with van der Waals surface area (Å²) in [5.41, 5.74) is 3.80. The maximum Gasteiger partial charge on any atom is 0.229 e. The third-order valence-corrected chi connectivity index (χ3v) is 6.02. The second-order valence-corrected chi connectivity index (χ2v) is 7.93. The molecular formula is C22H24FN5O. The zero-order valence-corrected chi connectivity index (χ0v) is 16.3. The number of hydrogen-bond donors (Lipinski definition) is 1. The molecule has 0 unspecified atom stereocenters. The summed E-state index contributed by atoms with van der Waals surface area (Å²) in [6, 6.07) is 6.29. The molecule has 1 atom stereocenters. The third kappa shape index (κ3) is 3.34. The van der Waals surface area contributed by atoms with Crippen LogP contribution in [0.2, 0.25) is 0 Å². The Hall–Kier alpha value is -2.96. The van der Waals surface area contributed by atoms with Crippen molar-refractivity contribution in [3.05, 3.63) is 53.7 Å². The maximum atomic E-state index is 13.9. The van der Waals surface area contributed by atoms with Gasteiger partial charge in [-0.25, -0.2) is 13.9 Å². The number of fused-ring (bicyclic) bond motifs is 3. The Morgan fingerprint density at radius 1 is 1.17 bits per heavy atom. The van der Waals surface area contributed by atoms with E-state index < -0.39 is 5.82 Å². The molecule has 5 rings (SSSR count). The molecule has 150 valence electrons. The summed E-state index contributed by atoms with van der Waals surface area (Å²) in [4.78, 5) is 19.7. The Labute approximate surface area is 168 Å². The molecule has 1 N–H and O–H groups in total. The fraction of sp³-hybridized carbons (Fsp3) is 0.409. The number of halogens is 1. The fourth-order valence-electron chi connectivity index (χ4n) is 4.56. The number of para-hydroxylation sites is 1. The highest BCUT2D eigenvalue weighted by atomic mass is 19.1. The number of carbonyl (C=O) groups is 1. The number of nitrogens with one attached hydrogen (secondary N) is 1. The molecule has 0 saturated carbocycles. The number of amides is 1. The van der Waals surface area contributed by atoms with E-state index in [-0.39, 0.29) is 17.5 Å². The summed E-state index contributed by atoms with van der Waals surface area (Å²) in [5.74, 6) is 0.156. The maximum absolute atomic E-state index is 13.9. The minimum absolute atomic E-state index is 0.137. The van der Waals surface area contributed by atoms with Crippen molar-refractivity contribution in [3.8, 4) is 0 Å². The van der Waals surface area contributed by atoms with Gasteiger partial charge in [0.15, 0.2) is 5.82 Å². The van der Waals surface area contributed by atoms with E-state index in [0.717, 1.165) is 43.6 Å². The molecule has 1 saturated heterocycles. The van der Waals surface area contributed by atoms with E-state index in [1.54, 1.807) is 24.4 Å². The average molecular weight is 393 g/mol. The number of nitrogens with zero attached hydrogens (tertiary/aromatic N) is 4. The standard InChI is InChI=1S/C22H24FN5O/c23-17-8-2-4-10-19(17)25-22(29)15-6-5-12-27(14-15)21-20-16-7-1-3-9-18(16)26-28(20)13-11-24-21/h2,4,8,10-11,13,15H,1,3,5-7,9,12,14H2,(H,25,29)/t15-/m0/s1. The van der Waals surface area contributed by atoms with E-state index in [0.29, 0.717) is 6.54 Å². The van der Waals surface area contributed by atoms with Crippen LogP contribution in [0.5, 0.6) is 0 Å². The smallest absolute Gasteiger partial charge is 0.229 e. The summed E-state index contributed by atoms with van der Waals surface area (Å²) in [6.07, 6.45) is 9.78. The highest BCUT2D eigenvalue weighted by Crippen LogP contribution is 2.32. The molecule has 0 bridgehead atoms. The number of hydrogen-bond acceptors (Lipinski definition) is 4. The molecule has 6 nitrogen and oxygen atoms in total. The number of benzene rings is 1. The van der Waals surface area contributed by atoms with Gasteiger partial charge in [0.2, 0.25) is 5.91 Å². The summed E-state index contributed by atoms with van der Waals surface area (Å²) in [5, 5.41) is 7.51. The Balaban J connectivity index is 1.40. The van der Waals surface area contributed by atoms with Crippen LogP contribution in [0.3, 0.4) is 0 Å². The second kappa shape index (κ2) is 7.46. The molecule has 1 amide bonds. The van der Waals surface area contributed by atoms with Crippen LogP contribution in [0.15, 0.2) is 36.7 Å². The zero-order chi connectivity index (χ0) is 19.8. The SMILES string of the molecule is O=C(Nc1ccccc1F)[C@H]1CCCN(c2nccn3nc4c(c23)CCCC4)C1. The molecule has 0 spiro atoms. The average Bonchev–Trinajstić information content (AvgIpc) is 3.14. The lowest BCUT2D eigenvalue weighted by Gasteiger charge is -2.33. The van der Waals surface area contributed by atoms with Gasteiger partial charge in [0.05, 0.1) is 17.3 Å². The largest absolute Gasteiger partial charge is 0.354 e. The topological polar surface area (TPSA) is 62.5 Å². The monoisotopic (exact) mass is 393 g/mol. The number of carbonyl (C=O) groups excluding carboxylic acids is 1. The summed E-state index contributed by atoms with van der Waals surface area (Å²) in [6.45, 7) is 1.43. The normalized spacial score (nSPS) is 19.2. The molecular weight excluding hydrogens is 369 g/mol. The first kappa shape index (κ1) is 18.1. The van der Waals surface area contributed by atoms with Crippen LogP contribution in [0.4, 0.5) is 15.9 Å². The molecule has 1 fully saturated rings. The van der Waals surface area contributed by atoms with Crippen LogP contribution < -0.4 is 10.2 Å². The fourth-order valence-corrected chi connectivity index (χ4v) is 4.56. The van der Waals surface area contributed by atoms with E-state index >= 15 is 0 Å². The predicted molar refractivity (Wildman–Crippen MR) is 110 cm³/mol. The van der Waals surface area contributed by atoms with Crippen LogP contribution in [0.25, 0.3) is 5.52 Å². The van der Waals surface area contributed by atoms with Gasteiger partial charge < -0.3 is 10.2 Å². The molecule has 1 aliphatic carbocycles. The molecule has 1 aromatic carbocycles. The summed E-state index contributed by atoms with van der Waals surface area (Å²) in [7, 11) is 0. The quantitative estimate of drug-likeness (QED) is 0.739. The van der Waals surface area contributed by atoms with Crippen molar-refractivity contribution in [2.45, 2.75) is 38.5 Å². The molecule has 2 aliphatic rings. The van der Waals surface area contributed by atoms with E-state index in [2.05, 4.69) is 15.2 Å². The Bertz CT molecular complexity index is 1060. The van der Waals surface area contributed by atoms with Crippen molar-refractivity contribution < 1.29 is 9.18 Å². The molecule has 7 heteroatoms. The van der Waals surface area contributed by atoms with Gasteiger partial charge in [-0.15, -0.1) is 0 Å². The summed E-state index contributed by atoms with van der Waals surface area (Å²) < 4.78 is 15.9. The van der Waals surface area contributed by atoms with Gasteiger partial charge in [0, 0.05) is 31.0 Å². The van der Waals surface area contributed by atoms with E-state index in [1.807, 2.05) is 10.7 Å². The van der Waals surface area contributed by atoms with E-state index in [4.69, 9.17) is 5.10 Å². The van der Waals surface area contributed by atoms with Crippen molar-refractivity contribution in [1.82, 2.24) is 14.6 Å². The van der Waals surface area contributed by atoms with Crippen molar-refractivity contribution >= 4 is 22.9 Å². The first-order valence-corrected chi connectivity index (χ1v) is 10.4. The lowest BCUT2D eigenvalue weighted by atomic mass is 9.95. The van der Waals surface area contributed by atoms with Crippen LogP contribution in [-0.2, 0) is 17.6 Å². The van der Waals surface area contributed by atoms with E-state index in [9.17, 15) is 9.18 Å². The van der Waals surface area contributed by atoms with Gasteiger partial charge in [0.25, 0.3) is 0 Å². The van der Waals surface area contributed by atoms with Gasteiger partial charge in [-0.2, -0.15) is 5.10 Å². The molecule has 29 heavy (non-hydrogen) atoms. The minimum atomic E-state index is -0.411. The Kier molecular flexibility index (Phi) is 4.66. The highest BCUT2D eigenvalue weighted by molar-refractivity contribution is 5.93. The molecule has 2 aromatic heterocycles. The first-order chi connectivity index (χ1) is 14.2. The van der Waals surface area contributed by atoms with Gasteiger partial charge in [-0.1, -0.05) is 12.1 Å². The molecule has 0 radical (unpaired) electrons. The van der Waals surface area contributed by atoms with Crippen LogP contribution in [0.1, 0.15) is 36.9 Å². The molecule has 3 heterocycles. The Morgan fingerprint density at radius 2 is 2.03 bits per heavy atom. The van der Waals surface area contributed by atoms with Crippen molar-refractivity contribution in [1.29, 1.82) is 0 Å². The van der Waals surface area contributed by atoms with Crippen LogP contribution in [-0.4, -0.2) is 33.6 Å². The number of rotatable bonds is 3. The highest BCUT2D eigenvalue weighted by Gasteiger charge is 2.29. The third-order valence-electron chi connectivity index (χ3n) is 6.02. The van der Waals surface area contributed by atoms with Crippen molar-refractivity contribution in [2.75, 3.05) is 23.3 Å². The number of aromatic nitrogens is 3. The molecule has 3 aromatic rings. The second-order valence-electron chi connectivity index (χ2n) is 7.93. The molecule has 1 aliphatic heterocycles. The van der Waals surface area contributed by atoms with E-state index in [1.165, 1.54) is 30.2 Å². The number of anilines is 2. The van der Waals surface area contributed by atoms with Gasteiger partial charge in [-0.05, 0) is 50.7 Å². The van der Waals surface area contributed by atoms with Crippen molar-refractivity contribution in [3.63, 3.8) is 0 Å². The lowest BCUT2D eigenvalue weighted by Crippen LogP contribution is -2.41. The predicted octanol–water partition coefficient (Wildman–Crippen LogP) is 3.60. The van der Waals surface area contributed by atoms with Crippen LogP contribution in [0, 0.1) is 11.7 Å². The number of piperidine rings is 1. The number of aryl methyl sites for hydroxylation is 2. The minimum Gasteiger partial charge on any atom is -0.354 e.